The van der Waals surface area contributed by atoms with E-state index in [-0.39, 0.29) is 36.2 Å². The Bertz CT molecular complexity index is 1530. The van der Waals surface area contributed by atoms with Gasteiger partial charge in [-0.05, 0) is 74.1 Å². The van der Waals surface area contributed by atoms with Crippen LogP contribution in [-0.4, -0.2) is 78.1 Å². The summed E-state index contributed by atoms with van der Waals surface area (Å²) >= 11 is 0. The number of ether oxygens (including phenoxy) is 1. The molecule has 0 bridgehead atoms. The minimum atomic E-state index is -0.720. The van der Waals surface area contributed by atoms with E-state index in [4.69, 9.17) is 4.74 Å². The number of hydrogen-bond acceptors (Lipinski definition) is 6. The lowest BCUT2D eigenvalue weighted by Gasteiger charge is -2.44. The van der Waals surface area contributed by atoms with Gasteiger partial charge in [-0.1, -0.05) is 54.6 Å². The standard InChI is InChI=1S/C37H45N5O4/c1-26(2)41-25-42(31-11-5-4-6-12-31)37(36(41)45)17-19-40(20-18-37)35(44)33(21-27-13-15-32(46-3)16-14-27)39-34(43)23-30-22-28-9-7-8-10-29(28)24-38-30/h4-16,26,30,33,38H,17-25H2,1-3H3,(H,39,43). The molecule has 0 aliphatic carbocycles. The molecule has 242 valence electrons. The van der Waals surface area contributed by atoms with Gasteiger partial charge in [0.05, 0.1) is 13.8 Å². The average molecular weight is 624 g/mol. The summed E-state index contributed by atoms with van der Waals surface area (Å²) < 4.78 is 5.32. The Balaban J connectivity index is 1.17. The zero-order valence-electron chi connectivity index (χ0n) is 27.1. The van der Waals surface area contributed by atoms with E-state index in [9.17, 15) is 14.4 Å². The topological polar surface area (TPSA) is 94.2 Å². The van der Waals surface area contributed by atoms with Crippen LogP contribution in [0.2, 0.25) is 0 Å². The van der Waals surface area contributed by atoms with E-state index in [2.05, 4.69) is 39.8 Å². The first-order valence-corrected chi connectivity index (χ1v) is 16.4. The number of nitrogens with one attached hydrogen (secondary N) is 2. The second-order valence-corrected chi connectivity index (χ2v) is 13.1. The normalized spacial score (nSPS) is 19.7. The summed E-state index contributed by atoms with van der Waals surface area (Å²) in [7, 11) is 1.62. The van der Waals surface area contributed by atoms with Crippen molar-refractivity contribution < 1.29 is 19.1 Å². The third-order valence-corrected chi connectivity index (χ3v) is 9.89. The van der Waals surface area contributed by atoms with Crippen molar-refractivity contribution in [2.45, 2.75) is 76.2 Å². The highest BCUT2D eigenvalue weighted by molar-refractivity contribution is 5.94. The van der Waals surface area contributed by atoms with E-state index >= 15 is 0 Å². The molecule has 6 rings (SSSR count). The molecule has 3 amide bonds. The highest BCUT2D eigenvalue weighted by Crippen LogP contribution is 2.40. The minimum absolute atomic E-state index is 0.00253. The quantitative estimate of drug-likeness (QED) is 0.376. The zero-order valence-corrected chi connectivity index (χ0v) is 27.1. The molecule has 3 aliphatic heterocycles. The minimum Gasteiger partial charge on any atom is -0.497 e. The summed E-state index contributed by atoms with van der Waals surface area (Å²) in [6.07, 6.45) is 2.49. The second-order valence-electron chi connectivity index (χ2n) is 13.1. The number of amides is 3. The van der Waals surface area contributed by atoms with E-state index < -0.39 is 11.6 Å². The fourth-order valence-corrected chi connectivity index (χ4v) is 7.21. The molecule has 0 radical (unpaired) electrons. The summed E-state index contributed by atoms with van der Waals surface area (Å²) in [5.74, 6) is 0.604. The van der Waals surface area contributed by atoms with Crippen LogP contribution < -0.4 is 20.3 Å². The molecule has 9 heteroatoms. The number of fused-ring (bicyclic) bond motifs is 1. The molecular weight excluding hydrogens is 578 g/mol. The molecule has 1 spiro atoms. The lowest BCUT2D eigenvalue weighted by atomic mass is 9.85. The van der Waals surface area contributed by atoms with Gasteiger partial charge in [-0.3, -0.25) is 14.4 Å². The molecule has 2 unspecified atom stereocenters. The lowest BCUT2D eigenvalue weighted by Crippen LogP contribution is -2.60. The van der Waals surface area contributed by atoms with Crippen molar-refractivity contribution in [2.24, 2.45) is 0 Å². The maximum absolute atomic E-state index is 14.2. The summed E-state index contributed by atoms with van der Waals surface area (Å²) in [4.78, 5) is 47.6. The SMILES string of the molecule is COc1ccc(CC(NC(=O)CC2Cc3ccccc3CN2)C(=O)N2CCC3(CC2)C(=O)N(C(C)C)CN3c2ccccc2)cc1. The van der Waals surface area contributed by atoms with Crippen molar-refractivity contribution in [3.05, 3.63) is 95.6 Å². The summed E-state index contributed by atoms with van der Waals surface area (Å²) in [5.41, 5.74) is 3.78. The maximum atomic E-state index is 14.2. The van der Waals surface area contributed by atoms with Gasteiger partial charge in [-0.25, -0.2) is 0 Å². The van der Waals surface area contributed by atoms with Crippen LogP contribution in [0.1, 0.15) is 49.8 Å². The van der Waals surface area contributed by atoms with Gasteiger partial charge in [-0.15, -0.1) is 0 Å². The smallest absolute Gasteiger partial charge is 0.250 e. The molecule has 9 nitrogen and oxygen atoms in total. The van der Waals surface area contributed by atoms with Crippen LogP contribution in [0.25, 0.3) is 0 Å². The Morgan fingerprint density at radius 3 is 2.30 bits per heavy atom. The molecular formula is C37H45N5O4. The number of rotatable bonds is 9. The zero-order chi connectivity index (χ0) is 32.3. The van der Waals surface area contributed by atoms with Gasteiger partial charge in [0.1, 0.15) is 17.3 Å². The van der Waals surface area contributed by atoms with Crippen LogP contribution in [0.15, 0.2) is 78.9 Å². The van der Waals surface area contributed by atoms with Crippen molar-refractivity contribution in [1.82, 2.24) is 20.4 Å². The van der Waals surface area contributed by atoms with Crippen molar-refractivity contribution in [3.63, 3.8) is 0 Å². The van der Waals surface area contributed by atoms with Crippen LogP contribution in [0.5, 0.6) is 5.75 Å². The molecule has 2 fully saturated rings. The number of methoxy groups -OCH3 is 1. The van der Waals surface area contributed by atoms with Gasteiger partial charge in [0.2, 0.25) is 17.7 Å². The number of hydrogen-bond donors (Lipinski definition) is 2. The number of anilines is 1. The maximum Gasteiger partial charge on any atom is 0.250 e. The summed E-state index contributed by atoms with van der Waals surface area (Å²) in [5, 5.41) is 6.59. The van der Waals surface area contributed by atoms with Gasteiger partial charge in [0, 0.05) is 50.2 Å². The number of benzene rings is 3. The molecule has 3 heterocycles. The predicted molar refractivity (Wildman–Crippen MR) is 178 cm³/mol. The first kappa shape index (κ1) is 31.6. The van der Waals surface area contributed by atoms with Crippen molar-refractivity contribution in [1.29, 1.82) is 0 Å². The average Bonchev–Trinajstić information content (AvgIpc) is 3.36. The Kier molecular flexibility index (Phi) is 9.31. The van der Waals surface area contributed by atoms with E-state index in [0.717, 1.165) is 30.0 Å². The van der Waals surface area contributed by atoms with Crippen molar-refractivity contribution in [2.75, 3.05) is 31.8 Å². The van der Waals surface area contributed by atoms with Gasteiger partial charge in [0.25, 0.3) is 0 Å². The van der Waals surface area contributed by atoms with Crippen LogP contribution >= 0.6 is 0 Å². The fraction of sp³-hybridized carbons (Fsp3) is 0.432. The number of piperidine rings is 1. The lowest BCUT2D eigenvalue weighted by molar-refractivity contribution is -0.141. The Morgan fingerprint density at radius 1 is 0.957 bits per heavy atom. The summed E-state index contributed by atoms with van der Waals surface area (Å²) in [6, 6.07) is 25.4. The largest absolute Gasteiger partial charge is 0.497 e. The molecule has 0 aromatic heterocycles. The highest BCUT2D eigenvalue weighted by atomic mass is 16.5. The monoisotopic (exact) mass is 623 g/mol. The van der Waals surface area contributed by atoms with Gasteiger partial charge < -0.3 is 30.1 Å². The Hall–Kier alpha value is -4.37. The fourth-order valence-electron chi connectivity index (χ4n) is 7.21. The molecule has 3 aliphatic rings. The van der Waals surface area contributed by atoms with Gasteiger partial charge >= 0.3 is 0 Å². The number of carbonyl (C=O) groups is 3. The predicted octanol–water partition coefficient (Wildman–Crippen LogP) is 3.90. The van der Waals surface area contributed by atoms with Crippen molar-refractivity contribution in [3.8, 4) is 5.75 Å². The molecule has 3 aromatic carbocycles. The number of carbonyl (C=O) groups excluding carboxylic acids is 3. The first-order valence-electron chi connectivity index (χ1n) is 16.4. The third-order valence-electron chi connectivity index (χ3n) is 9.89. The first-order chi connectivity index (χ1) is 22.3. The van der Waals surface area contributed by atoms with Crippen LogP contribution in [-0.2, 0) is 33.8 Å². The molecule has 2 atom stereocenters. The molecule has 3 aromatic rings. The van der Waals surface area contributed by atoms with Gasteiger partial charge in [-0.2, -0.15) is 0 Å². The molecule has 2 N–H and O–H groups in total. The Labute approximate surface area is 271 Å². The highest BCUT2D eigenvalue weighted by Gasteiger charge is 2.54. The number of nitrogens with zero attached hydrogens (tertiary/aromatic N) is 3. The molecule has 0 saturated carbocycles. The van der Waals surface area contributed by atoms with Crippen molar-refractivity contribution >= 4 is 23.4 Å². The van der Waals surface area contributed by atoms with Gasteiger partial charge in [0.15, 0.2) is 0 Å². The number of likely N-dealkylation sites (tertiary alicyclic amines) is 1. The van der Waals surface area contributed by atoms with Crippen LogP contribution in [0, 0.1) is 0 Å². The second kappa shape index (κ2) is 13.5. The van der Waals surface area contributed by atoms with E-state index in [1.807, 2.05) is 78.2 Å². The summed E-state index contributed by atoms with van der Waals surface area (Å²) in [6.45, 7) is 6.24. The molecule has 46 heavy (non-hydrogen) atoms. The van der Waals surface area contributed by atoms with E-state index in [1.54, 1.807) is 7.11 Å². The Morgan fingerprint density at radius 2 is 1.63 bits per heavy atom. The van der Waals surface area contributed by atoms with Crippen LogP contribution in [0.3, 0.4) is 0 Å². The molecule has 2 saturated heterocycles. The van der Waals surface area contributed by atoms with E-state index in [1.165, 1.54) is 11.1 Å². The van der Waals surface area contributed by atoms with E-state index in [0.29, 0.717) is 39.0 Å². The number of para-hydroxylation sites is 1. The third kappa shape index (κ3) is 6.47. The van der Waals surface area contributed by atoms with Crippen LogP contribution in [0.4, 0.5) is 5.69 Å².